The van der Waals surface area contributed by atoms with Gasteiger partial charge in [-0.1, -0.05) is 36.4 Å². The summed E-state index contributed by atoms with van der Waals surface area (Å²) in [5.41, 5.74) is 0.0204. The summed E-state index contributed by atoms with van der Waals surface area (Å²) in [6.07, 6.45) is -3.89. The number of rotatable bonds is 6. The minimum atomic E-state index is -4.56. The van der Waals surface area contributed by atoms with E-state index in [-0.39, 0.29) is 40.9 Å². The number of hydrogen-bond donors (Lipinski definition) is 0. The van der Waals surface area contributed by atoms with Crippen LogP contribution in [0.3, 0.4) is 0 Å². The van der Waals surface area contributed by atoms with E-state index in [1.54, 1.807) is 43.3 Å². The molecule has 0 aliphatic carbocycles. The van der Waals surface area contributed by atoms with Gasteiger partial charge in [-0.25, -0.2) is 4.98 Å². The molecule has 0 aliphatic rings. The molecule has 4 aromatic rings. The zero-order valence-electron chi connectivity index (χ0n) is 18.9. The predicted molar refractivity (Wildman–Crippen MR) is 125 cm³/mol. The largest absolute Gasteiger partial charge is 0.455 e. The molecule has 2 aromatic heterocycles. The van der Waals surface area contributed by atoms with Gasteiger partial charge in [0.05, 0.1) is 29.7 Å². The molecule has 0 radical (unpaired) electrons. The highest BCUT2D eigenvalue weighted by molar-refractivity contribution is 6.12. The van der Waals surface area contributed by atoms with Gasteiger partial charge in [0.25, 0.3) is 5.91 Å². The van der Waals surface area contributed by atoms with E-state index in [2.05, 4.69) is 4.98 Å². The first-order valence-electron chi connectivity index (χ1n) is 10.7. The maximum Gasteiger partial charge on any atom is 0.417 e. The van der Waals surface area contributed by atoms with E-state index in [0.29, 0.717) is 23.1 Å². The van der Waals surface area contributed by atoms with Crippen LogP contribution < -0.4 is 10.3 Å². The van der Waals surface area contributed by atoms with Crippen LogP contribution in [0.1, 0.15) is 21.5 Å². The second-order valence-corrected chi connectivity index (χ2v) is 7.79. The molecule has 9 heteroatoms. The molecule has 180 valence electrons. The highest BCUT2D eigenvalue weighted by Crippen LogP contribution is 2.31. The van der Waals surface area contributed by atoms with Crippen LogP contribution in [0.25, 0.3) is 22.3 Å². The Bertz CT molecular complexity index is 1420. The Morgan fingerprint density at radius 1 is 1.06 bits per heavy atom. The maximum absolute atomic E-state index is 13.6. The summed E-state index contributed by atoms with van der Waals surface area (Å²) in [7, 11) is 1.44. The molecule has 0 unspecified atom stereocenters. The number of anilines is 1. The van der Waals surface area contributed by atoms with Gasteiger partial charge in [-0.3, -0.25) is 14.5 Å². The van der Waals surface area contributed by atoms with Crippen molar-refractivity contribution >= 4 is 22.7 Å². The van der Waals surface area contributed by atoms with Gasteiger partial charge in [-0.2, -0.15) is 13.2 Å². The van der Waals surface area contributed by atoms with Gasteiger partial charge < -0.3 is 9.15 Å². The van der Waals surface area contributed by atoms with Gasteiger partial charge in [-0.15, -0.1) is 0 Å². The number of alkyl halides is 3. The molecule has 0 saturated carbocycles. The number of ether oxygens (including phenoxy) is 1. The van der Waals surface area contributed by atoms with Gasteiger partial charge in [0.1, 0.15) is 11.6 Å². The lowest BCUT2D eigenvalue weighted by atomic mass is 10.0. The molecule has 0 fully saturated rings. The maximum atomic E-state index is 13.6. The van der Waals surface area contributed by atoms with Crippen molar-refractivity contribution < 1.29 is 27.1 Å². The van der Waals surface area contributed by atoms with Gasteiger partial charge in [0.2, 0.25) is 0 Å². The standard InChI is InChI=1S/C26H21F3N2O4/c1-16-22(32)19-9-6-10-20(24(19)35-23(16)17-7-4-3-5-8-17)25(33)31(13-14-34-2)21-12-11-18(15-30-21)26(27,28)29/h3-12,15H,13-14H2,1-2H3. The lowest BCUT2D eigenvalue weighted by Crippen LogP contribution is -2.35. The van der Waals surface area contributed by atoms with Gasteiger partial charge in [-0.05, 0) is 31.2 Å². The van der Waals surface area contributed by atoms with E-state index in [0.717, 1.165) is 12.1 Å². The number of halogens is 3. The number of benzene rings is 2. The summed E-state index contributed by atoms with van der Waals surface area (Å²) in [5, 5.41) is 0.222. The van der Waals surface area contributed by atoms with Crippen LogP contribution in [0, 0.1) is 6.92 Å². The van der Waals surface area contributed by atoms with Crippen molar-refractivity contribution in [2.75, 3.05) is 25.2 Å². The topological polar surface area (TPSA) is 72.6 Å². The van der Waals surface area contributed by atoms with Crippen molar-refractivity contribution in [2.24, 2.45) is 0 Å². The van der Waals surface area contributed by atoms with Crippen LogP contribution in [0.15, 0.2) is 76.1 Å². The fourth-order valence-corrected chi connectivity index (χ4v) is 3.70. The second kappa shape index (κ2) is 9.71. The molecule has 0 bridgehead atoms. The van der Waals surface area contributed by atoms with E-state index >= 15 is 0 Å². The van der Waals surface area contributed by atoms with E-state index in [1.807, 2.05) is 6.07 Å². The zero-order chi connectivity index (χ0) is 25.2. The van der Waals surface area contributed by atoms with Crippen LogP contribution in [0.5, 0.6) is 0 Å². The molecule has 4 rings (SSSR count). The van der Waals surface area contributed by atoms with Gasteiger partial charge in [0, 0.05) is 24.4 Å². The third kappa shape index (κ3) is 4.81. The summed E-state index contributed by atoms with van der Waals surface area (Å²) >= 11 is 0. The van der Waals surface area contributed by atoms with Crippen molar-refractivity contribution in [2.45, 2.75) is 13.1 Å². The number of aromatic nitrogens is 1. The zero-order valence-corrected chi connectivity index (χ0v) is 18.9. The molecule has 6 nitrogen and oxygen atoms in total. The lowest BCUT2D eigenvalue weighted by molar-refractivity contribution is -0.137. The molecule has 0 N–H and O–H groups in total. The average Bonchev–Trinajstić information content (AvgIpc) is 2.86. The van der Waals surface area contributed by atoms with Crippen molar-refractivity contribution in [1.82, 2.24) is 4.98 Å². The van der Waals surface area contributed by atoms with Gasteiger partial charge >= 0.3 is 6.18 Å². The molecule has 0 atom stereocenters. The second-order valence-electron chi connectivity index (χ2n) is 7.79. The Balaban J connectivity index is 1.85. The minimum Gasteiger partial charge on any atom is -0.455 e. The molecular weight excluding hydrogens is 461 g/mol. The van der Waals surface area contributed by atoms with E-state index in [9.17, 15) is 22.8 Å². The number of fused-ring (bicyclic) bond motifs is 1. The molecule has 0 spiro atoms. The summed E-state index contributed by atoms with van der Waals surface area (Å²) in [6, 6.07) is 15.6. The smallest absolute Gasteiger partial charge is 0.417 e. The normalized spacial score (nSPS) is 11.6. The van der Waals surface area contributed by atoms with E-state index in [1.165, 1.54) is 18.1 Å². The van der Waals surface area contributed by atoms with Crippen molar-refractivity contribution in [3.8, 4) is 11.3 Å². The Labute approximate surface area is 198 Å². The Hall–Kier alpha value is -3.98. The third-order valence-corrected chi connectivity index (χ3v) is 5.53. The number of para-hydroxylation sites is 1. The number of carbonyl (C=O) groups excluding carboxylic acids is 1. The van der Waals surface area contributed by atoms with Crippen LogP contribution in [-0.4, -0.2) is 31.2 Å². The Kier molecular flexibility index (Phi) is 6.70. The summed E-state index contributed by atoms with van der Waals surface area (Å²) in [4.78, 5) is 31.8. The van der Waals surface area contributed by atoms with Crippen LogP contribution in [0.4, 0.5) is 19.0 Å². The van der Waals surface area contributed by atoms with E-state index < -0.39 is 17.6 Å². The third-order valence-electron chi connectivity index (χ3n) is 5.53. The highest BCUT2D eigenvalue weighted by atomic mass is 19.4. The monoisotopic (exact) mass is 482 g/mol. The van der Waals surface area contributed by atoms with Crippen molar-refractivity contribution in [3.63, 3.8) is 0 Å². The molecule has 1 amide bonds. The van der Waals surface area contributed by atoms with E-state index in [4.69, 9.17) is 9.15 Å². The fraction of sp³-hybridized carbons (Fsp3) is 0.192. The quantitative estimate of drug-likeness (QED) is 0.364. The van der Waals surface area contributed by atoms with Crippen LogP contribution in [-0.2, 0) is 10.9 Å². The van der Waals surface area contributed by atoms with Crippen molar-refractivity contribution in [1.29, 1.82) is 0 Å². The molecule has 0 aliphatic heterocycles. The highest BCUT2D eigenvalue weighted by Gasteiger charge is 2.31. The minimum absolute atomic E-state index is 0.00907. The first kappa shape index (κ1) is 24.2. The Morgan fingerprint density at radius 3 is 2.43 bits per heavy atom. The van der Waals surface area contributed by atoms with Crippen LogP contribution >= 0.6 is 0 Å². The molecule has 0 saturated heterocycles. The molecule has 2 heterocycles. The van der Waals surface area contributed by atoms with Crippen LogP contribution in [0.2, 0.25) is 0 Å². The first-order valence-corrected chi connectivity index (χ1v) is 10.7. The molecule has 2 aromatic carbocycles. The number of nitrogens with zero attached hydrogens (tertiary/aromatic N) is 2. The summed E-state index contributed by atoms with van der Waals surface area (Å²) in [5.74, 6) is -0.250. The molecule has 35 heavy (non-hydrogen) atoms. The van der Waals surface area contributed by atoms with Gasteiger partial charge in [0.15, 0.2) is 11.0 Å². The SMILES string of the molecule is COCCN(C(=O)c1cccc2c(=O)c(C)c(-c3ccccc3)oc12)c1ccc(C(F)(F)F)cn1. The number of methoxy groups -OCH3 is 1. The predicted octanol–water partition coefficient (Wildman–Crippen LogP) is 5.48. The number of amides is 1. The first-order chi connectivity index (χ1) is 16.7. The summed E-state index contributed by atoms with van der Waals surface area (Å²) < 4.78 is 50.2. The Morgan fingerprint density at radius 2 is 1.80 bits per heavy atom. The fourth-order valence-electron chi connectivity index (χ4n) is 3.70. The van der Waals surface area contributed by atoms with Crippen molar-refractivity contribution in [3.05, 3.63) is 93.8 Å². The average molecular weight is 482 g/mol. The number of carbonyl (C=O) groups is 1. The summed E-state index contributed by atoms with van der Waals surface area (Å²) in [6.45, 7) is 1.78. The molecular formula is C26H21F3N2O4. The lowest BCUT2D eigenvalue weighted by Gasteiger charge is -2.22. The number of pyridine rings is 1. The number of hydrogen-bond acceptors (Lipinski definition) is 5.